The van der Waals surface area contributed by atoms with Crippen molar-refractivity contribution in [1.29, 1.82) is 0 Å². The van der Waals surface area contributed by atoms with Gasteiger partial charge in [0.25, 0.3) is 0 Å². The summed E-state index contributed by atoms with van der Waals surface area (Å²) >= 11 is 0. The Kier molecular flexibility index (Phi) is 11.0. The molecular weight excluding hydrogens is 504 g/mol. The van der Waals surface area contributed by atoms with Gasteiger partial charge in [-0.1, -0.05) is 174 Å². The molecule has 0 aliphatic heterocycles. The number of benzene rings is 5. The van der Waals surface area contributed by atoms with E-state index in [-0.39, 0.29) is 5.41 Å². The summed E-state index contributed by atoms with van der Waals surface area (Å²) in [6.07, 6.45) is 6.67. The number of hydrogen-bond acceptors (Lipinski definition) is 0. The highest BCUT2D eigenvalue weighted by Crippen LogP contribution is 2.44. The molecule has 5 aromatic rings. The molecule has 0 N–H and O–H groups in total. The van der Waals surface area contributed by atoms with Crippen molar-refractivity contribution in [2.24, 2.45) is 0 Å². The van der Waals surface area contributed by atoms with Crippen LogP contribution in [0.1, 0.15) is 76.6 Å². The lowest BCUT2D eigenvalue weighted by Gasteiger charge is -2.38. The van der Waals surface area contributed by atoms with E-state index in [4.69, 9.17) is 0 Å². The van der Waals surface area contributed by atoms with Gasteiger partial charge < -0.3 is 0 Å². The second-order valence-corrected chi connectivity index (χ2v) is 12.3. The molecule has 0 heteroatoms. The summed E-state index contributed by atoms with van der Waals surface area (Å²) in [5, 5.41) is 0. The number of aryl methyl sites for hydroxylation is 6. The van der Waals surface area contributed by atoms with Gasteiger partial charge in [0.15, 0.2) is 0 Å². The molecule has 0 nitrogen and oxygen atoms in total. The minimum Gasteiger partial charge on any atom is -0.0591 e. The molecule has 1 saturated carbocycles. The normalized spacial score (nSPS) is 13.7. The van der Waals surface area contributed by atoms with Crippen molar-refractivity contribution in [2.45, 2.75) is 79.1 Å². The van der Waals surface area contributed by atoms with Gasteiger partial charge in [-0.2, -0.15) is 0 Å². The molecule has 0 unspecified atom stereocenters. The molecule has 1 aliphatic rings. The standard InChI is InChI=1S/C20H24.C14H14.C8H10/c1-16-6-10-18(11-7-16)20(14-4-3-5-15-20)19-12-8-17(2)9-13-19;1-11-3-7-13(8-4-11)14-9-5-12(2)6-10-14;1-7-3-5-8(2)6-4-7/h6-13H,3-5,14-15H2,1-2H3;3-10H,1-2H3;3-6H,1-2H3. The Morgan fingerprint density at radius 1 is 0.310 bits per heavy atom. The van der Waals surface area contributed by atoms with Crippen LogP contribution in [0.4, 0.5) is 0 Å². The second kappa shape index (κ2) is 14.8. The highest BCUT2D eigenvalue weighted by Gasteiger charge is 2.35. The third-order valence-corrected chi connectivity index (χ3v) is 8.57. The first-order valence-corrected chi connectivity index (χ1v) is 15.6. The Balaban J connectivity index is 0.000000159. The van der Waals surface area contributed by atoms with Crippen LogP contribution in [0.3, 0.4) is 0 Å². The van der Waals surface area contributed by atoms with Crippen LogP contribution in [-0.2, 0) is 5.41 Å². The highest BCUT2D eigenvalue weighted by molar-refractivity contribution is 5.63. The Hall–Kier alpha value is -3.90. The van der Waals surface area contributed by atoms with Gasteiger partial charge in [-0.05, 0) is 76.6 Å². The third-order valence-electron chi connectivity index (χ3n) is 8.57. The molecule has 1 fully saturated rings. The molecule has 0 radical (unpaired) electrons. The molecule has 0 amide bonds. The van der Waals surface area contributed by atoms with E-state index in [9.17, 15) is 0 Å². The number of hydrogen-bond donors (Lipinski definition) is 0. The Labute approximate surface area is 255 Å². The van der Waals surface area contributed by atoms with Crippen molar-refractivity contribution in [3.8, 4) is 11.1 Å². The van der Waals surface area contributed by atoms with Crippen LogP contribution in [0, 0.1) is 41.5 Å². The Bertz CT molecular complexity index is 1370. The lowest BCUT2D eigenvalue weighted by Crippen LogP contribution is -2.30. The lowest BCUT2D eigenvalue weighted by atomic mass is 9.65. The monoisotopic (exact) mass is 552 g/mol. The van der Waals surface area contributed by atoms with Crippen LogP contribution in [0.5, 0.6) is 0 Å². The van der Waals surface area contributed by atoms with E-state index in [2.05, 4.69) is 163 Å². The fourth-order valence-corrected chi connectivity index (χ4v) is 5.77. The molecular formula is C42H48. The van der Waals surface area contributed by atoms with Gasteiger partial charge in [0.05, 0.1) is 0 Å². The fraction of sp³-hybridized carbons (Fsp3) is 0.286. The highest BCUT2D eigenvalue weighted by atomic mass is 14.4. The largest absolute Gasteiger partial charge is 0.0591 e. The lowest BCUT2D eigenvalue weighted by molar-refractivity contribution is 0.346. The van der Waals surface area contributed by atoms with Gasteiger partial charge in [-0.3, -0.25) is 0 Å². The van der Waals surface area contributed by atoms with Crippen molar-refractivity contribution >= 4 is 0 Å². The average molecular weight is 553 g/mol. The summed E-state index contributed by atoms with van der Waals surface area (Å²) in [7, 11) is 0. The van der Waals surface area contributed by atoms with Crippen molar-refractivity contribution in [3.05, 3.63) is 166 Å². The molecule has 0 atom stereocenters. The first-order chi connectivity index (χ1) is 20.2. The van der Waals surface area contributed by atoms with Crippen LogP contribution < -0.4 is 0 Å². The number of rotatable bonds is 3. The molecule has 0 heterocycles. The molecule has 0 aromatic heterocycles. The first-order valence-electron chi connectivity index (χ1n) is 15.6. The zero-order chi connectivity index (χ0) is 30.0. The quantitative estimate of drug-likeness (QED) is 0.209. The molecule has 6 rings (SSSR count). The maximum Gasteiger partial charge on any atom is 0.0202 e. The first kappa shape index (κ1) is 31.0. The maximum atomic E-state index is 2.35. The molecule has 42 heavy (non-hydrogen) atoms. The fourth-order valence-electron chi connectivity index (χ4n) is 5.77. The molecule has 0 spiro atoms. The molecule has 0 saturated heterocycles. The zero-order valence-electron chi connectivity index (χ0n) is 26.6. The molecule has 216 valence electrons. The molecule has 0 bridgehead atoms. The van der Waals surface area contributed by atoms with Crippen molar-refractivity contribution in [3.63, 3.8) is 0 Å². The van der Waals surface area contributed by atoms with Crippen LogP contribution in [0.15, 0.2) is 121 Å². The smallest absolute Gasteiger partial charge is 0.0202 e. The summed E-state index contributed by atoms with van der Waals surface area (Å²) in [6.45, 7) is 12.8. The minimum absolute atomic E-state index is 0.250. The van der Waals surface area contributed by atoms with Crippen LogP contribution in [-0.4, -0.2) is 0 Å². The molecule has 1 aliphatic carbocycles. The van der Waals surface area contributed by atoms with E-state index in [1.54, 1.807) is 0 Å². The van der Waals surface area contributed by atoms with Crippen LogP contribution in [0.2, 0.25) is 0 Å². The Morgan fingerprint density at radius 3 is 0.833 bits per heavy atom. The second-order valence-electron chi connectivity index (χ2n) is 12.3. The van der Waals surface area contributed by atoms with E-state index in [0.717, 1.165) is 0 Å². The third kappa shape index (κ3) is 8.56. The summed E-state index contributed by atoms with van der Waals surface area (Å²) in [4.78, 5) is 0. The Morgan fingerprint density at radius 2 is 0.548 bits per heavy atom. The maximum absolute atomic E-state index is 2.35. The van der Waals surface area contributed by atoms with E-state index in [1.807, 2.05) is 0 Å². The summed E-state index contributed by atoms with van der Waals surface area (Å²) in [6, 6.07) is 44.2. The van der Waals surface area contributed by atoms with E-state index < -0.39 is 0 Å². The summed E-state index contributed by atoms with van der Waals surface area (Å²) < 4.78 is 0. The van der Waals surface area contributed by atoms with Gasteiger partial charge in [-0.15, -0.1) is 0 Å². The summed E-state index contributed by atoms with van der Waals surface area (Å²) in [5.74, 6) is 0. The molecule has 5 aromatic carbocycles. The van der Waals surface area contributed by atoms with Crippen molar-refractivity contribution < 1.29 is 0 Å². The van der Waals surface area contributed by atoms with Gasteiger partial charge >= 0.3 is 0 Å². The van der Waals surface area contributed by atoms with Crippen LogP contribution in [0.25, 0.3) is 11.1 Å². The van der Waals surface area contributed by atoms with E-state index in [1.165, 1.54) is 87.7 Å². The van der Waals surface area contributed by atoms with Crippen molar-refractivity contribution in [1.82, 2.24) is 0 Å². The van der Waals surface area contributed by atoms with Gasteiger partial charge in [0.1, 0.15) is 0 Å². The van der Waals surface area contributed by atoms with Crippen molar-refractivity contribution in [2.75, 3.05) is 0 Å². The predicted octanol–water partition coefficient (Wildman–Crippen LogP) is 11.8. The average Bonchev–Trinajstić information content (AvgIpc) is 3.01. The van der Waals surface area contributed by atoms with Crippen LogP contribution >= 0.6 is 0 Å². The van der Waals surface area contributed by atoms with Gasteiger partial charge in [0.2, 0.25) is 0 Å². The minimum atomic E-state index is 0.250. The van der Waals surface area contributed by atoms with Gasteiger partial charge in [0, 0.05) is 5.41 Å². The zero-order valence-corrected chi connectivity index (χ0v) is 26.6. The van der Waals surface area contributed by atoms with Gasteiger partial charge in [-0.25, -0.2) is 0 Å². The predicted molar refractivity (Wildman–Crippen MR) is 183 cm³/mol. The topological polar surface area (TPSA) is 0 Å². The van der Waals surface area contributed by atoms with E-state index in [0.29, 0.717) is 0 Å². The SMILES string of the molecule is Cc1ccc(-c2ccc(C)cc2)cc1.Cc1ccc(C)cc1.Cc1ccc(C2(c3ccc(C)cc3)CCCCC2)cc1. The summed E-state index contributed by atoms with van der Waals surface area (Å²) in [5.41, 5.74) is 13.8. The van der Waals surface area contributed by atoms with E-state index >= 15 is 0 Å².